The molecule has 0 spiro atoms. The van der Waals surface area contributed by atoms with Gasteiger partial charge >= 0.3 is 0 Å². The standard InChI is InChI=1S/C27H31ClFN7O2/c1-16(26-33-25(30)24-27(34-26)36(15-31-24)20-7-2-3-12-38-20)23-22(29)17-5-4-6-18(28)21(17)19(32-23)8-9-35-10-13-37-14-11-35/h4-6,15-16,20H,2-3,7-14H2,1H3,(H2,30,33,34)/t16-,20?/m0/s1. The zero-order valence-corrected chi connectivity index (χ0v) is 22.1. The first-order chi connectivity index (χ1) is 18.5. The Bertz CT molecular complexity index is 1470. The normalized spacial score (nSPS) is 19.8. The Balaban J connectivity index is 1.40. The maximum atomic E-state index is 16.0. The van der Waals surface area contributed by atoms with Crippen molar-refractivity contribution in [3.8, 4) is 0 Å². The molecule has 9 nitrogen and oxygen atoms in total. The number of hydrogen-bond donors (Lipinski definition) is 1. The molecular weight excluding hydrogens is 509 g/mol. The smallest absolute Gasteiger partial charge is 0.167 e. The molecule has 2 aliphatic heterocycles. The summed E-state index contributed by atoms with van der Waals surface area (Å²) < 4.78 is 29.3. The van der Waals surface area contributed by atoms with Gasteiger partial charge in [0.05, 0.1) is 41.9 Å². The van der Waals surface area contributed by atoms with E-state index in [0.717, 1.165) is 44.6 Å². The zero-order valence-electron chi connectivity index (χ0n) is 21.4. The van der Waals surface area contributed by atoms with Gasteiger partial charge in [-0.3, -0.25) is 14.5 Å². The minimum atomic E-state index is -0.553. The number of rotatable bonds is 6. The molecule has 4 aromatic rings. The Morgan fingerprint density at radius 1 is 1.16 bits per heavy atom. The molecule has 0 bridgehead atoms. The van der Waals surface area contributed by atoms with Crippen LogP contribution in [0.15, 0.2) is 24.5 Å². The van der Waals surface area contributed by atoms with Crippen LogP contribution >= 0.6 is 11.6 Å². The fraction of sp³-hybridized carbons (Fsp3) is 0.481. The third-order valence-electron chi connectivity index (χ3n) is 7.52. The van der Waals surface area contributed by atoms with E-state index in [4.69, 9.17) is 36.8 Å². The predicted octanol–water partition coefficient (Wildman–Crippen LogP) is 4.47. The number of imidazole rings is 1. The summed E-state index contributed by atoms with van der Waals surface area (Å²) in [5.41, 5.74) is 8.44. The van der Waals surface area contributed by atoms with Gasteiger partial charge in [0.2, 0.25) is 0 Å². The number of nitrogens with two attached hydrogens (primary N) is 1. The number of nitrogen functional groups attached to an aromatic ring is 1. The molecular formula is C27H31ClFN7O2. The van der Waals surface area contributed by atoms with Crippen LogP contribution in [0.3, 0.4) is 0 Å². The first kappa shape index (κ1) is 25.4. The summed E-state index contributed by atoms with van der Waals surface area (Å²) in [6.45, 7) is 6.48. The summed E-state index contributed by atoms with van der Waals surface area (Å²) in [6.07, 6.45) is 5.14. The molecule has 0 amide bonds. The second kappa shape index (κ2) is 10.7. The molecule has 5 heterocycles. The summed E-state index contributed by atoms with van der Waals surface area (Å²) in [7, 11) is 0. The predicted molar refractivity (Wildman–Crippen MR) is 144 cm³/mol. The number of aromatic nitrogens is 5. The minimum Gasteiger partial charge on any atom is -0.382 e. The van der Waals surface area contributed by atoms with Gasteiger partial charge in [-0.2, -0.15) is 0 Å². The summed E-state index contributed by atoms with van der Waals surface area (Å²) >= 11 is 6.57. The number of morpholine rings is 1. The van der Waals surface area contributed by atoms with Gasteiger partial charge in [0.25, 0.3) is 0 Å². The Kier molecular flexibility index (Phi) is 7.13. The lowest BCUT2D eigenvalue weighted by molar-refractivity contribution is -0.0298. The van der Waals surface area contributed by atoms with Crippen LogP contribution in [0.1, 0.15) is 55.5 Å². The van der Waals surface area contributed by atoms with Crippen LogP contribution in [0.25, 0.3) is 21.9 Å². The molecule has 1 unspecified atom stereocenters. The number of nitrogens with zero attached hydrogens (tertiary/aromatic N) is 6. The van der Waals surface area contributed by atoms with Crippen LogP contribution < -0.4 is 5.73 Å². The van der Waals surface area contributed by atoms with Crippen LogP contribution in [-0.4, -0.2) is 68.9 Å². The van der Waals surface area contributed by atoms with Crippen LogP contribution in [0.5, 0.6) is 0 Å². The number of halogens is 2. The number of hydrogen-bond acceptors (Lipinski definition) is 8. The number of fused-ring (bicyclic) bond motifs is 2. The molecule has 0 radical (unpaired) electrons. The van der Waals surface area contributed by atoms with E-state index < -0.39 is 11.7 Å². The molecule has 0 aliphatic carbocycles. The van der Waals surface area contributed by atoms with Gasteiger partial charge in [0.1, 0.15) is 17.6 Å². The van der Waals surface area contributed by atoms with E-state index in [-0.39, 0.29) is 17.7 Å². The molecule has 3 aromatic heterocycles. The van der Waals surface area contributed by atoms with E-state index in [9.17, 15) is 0 Å². The van der Waals surface area contributed by atoms with E-state index in [1.807, 2.05) is 11.5 Å². The van der Waals surface area contributed by atoms with E-state index in [1.54, 1.807) is 24.5 Å². The highest BCUT2D eigenvalue weighted by Crippen LogP contribution is 2.35. The molecule has 2 atom stereocenters. The number of benzene rings is 1. The van der Waals surface area contributed by atoms with Crippen molar-refractivity contribution < 1.29 is 13.9 Å². The summed E-state index contributed by atoms with van der Waals surface area (Å²) in [5, 5.41) is 1.59. The second-order valence-corrected chi connectivity index (χ2v) is 10.4. The van der Waals surface area contributed by atoms with Gasteiger partial charge in [-0.15, -0.1) is 0 Å². The lowest BCUT2D eigenvalue weighted by atomic mass is 9.99. The number of pyridine rings is 1. The fourth-order valence-corrected chi connectivity index (χ4v) is 5.65. The molecule has 2 fully saturated rings. The van der Waals surface area contributed by atoms with Gasteiger partial charge in [0.15, 0.2) is 17.3 Å². The van der Waals surface area contributed by atoms with Crippen LogP contribution in [-0.2, 0) is 15.9 Å². The third kappa shape index (κ3) is 4.70. The highest BCUT2D eigenvalue weighted by atomic mass is 35.5. The maximum Gasteiger partial charge on any atom is 0.167 e. The van der Waals surface area contributed by atoms with Crippen molar-refractivity contribution in [2.75, 3.05) is 45.2 Å². The van der Waals surface area contributed by atoms with Crippen LogP contribution in [0, 0.1) is 5.82 Å². The van der Waals surface area contributed by atoms with Crippen LogP contribution in [0.4, 0.5) is 10.2 Å². The van der Waals surface area contributed by atoms with Gasteiger partial charge in [-0.05, 0) is 32.3 Å². The average Bonchev–Trinajstić information content (AvgIpc) is 3.38. The Hall–Kier alpha value is -2.92. The Morgan fingerprint density at radius 3 is 2.79 bits per heavy atom. The summed E-state index contributed by atoms with van der Waals surface area (Å²) in [5.74, 6) is -0.331. The van der Waals surface area contributed by atoms with E-state index in [0.29, 0.717) is 59.0 Å². The summed E-state index contributed by atoms with van der Waals surface area (Å²) in [6, 6.07) is 5.29. The topological polar surface area (TPSA) is 104 Å². The first-order valence-electron chi connectivity index (χ1n) is 13.2. The molecule has 2 saturated heterocycles. The van der Waals surface area contributed by atoms with Gasteiger partial charge in [-0.1, -0.05) is 23.7 Å². The first-order valence-corrected chi connectivity index (χ1v) is 13.6. The Morgan fingerprint density at radius 2 is 2.00 bits per heavy atom. The Labute approximate surface area is 225 Å². The highest BCUT2D eigenvalue weighted by Gasteiger charge is 2.26. The second-order valence-electron chi connectivity index (χ2n) is 9.96. The molecule has 200 valence electrons. The molecule has 11 heteroatoms. The van der Waals surface area contributed by atoms with Crippen molar-refractivity contribution in [3.05, 3.63) is 52.6 Å². The molecule has 0 saturated carbocycles. The third-order valence-corrected chi connectivity index (χ3v) is 7.83. The number of anilines is 1. The monoisotopic (exact) mass is 539 g/mol. The summed E-state index contributed by atoms with van der Waals surface area (Å²) in [4.78, 5) is 20.9. The highest BCUT2D eigenvalue weighted by molar-refractivity contribution is 6.35. The lowest BCUT2D eigenvalue weighted by Crippen LogP contribution is -2.37. The van der Waals surface area contributed by atoms with E-state index >= 15 is 4.39 Å². The van der Waals surface area contributed by atoms with E-state index in [1.165, 1.54) is 0 Å². The van der Waals surface area contributed by atoms with Crippen molar-refractivity contribution in [1.29, 1.82) is 0 Å². The van der Waals surface area contributed by atoms with Crippen molar-refractivity contribution in [2.45, 2.75) is 44.8 Å². The maximum absolute atomic E-state index is 16.0. The molecule has 6 rings (SSSR count). The van der Waals surface area contributed by atoms with Crippen LogP contribution in [0.2, 0.25) is 5.02 Å². The minimum absolute atomic E-state index is 0.157. The zero-order chi connectivity index (χ0) is 26.2. The average molecular weight is 540 g/mol. The lowest BCUT2D eigenvalue weighted by Gasteiger charge is -2.26. The van der Waals surface area contributed by atoms with Gasteiger partial charge in [0, 0.05) is 43.4 Å². The van der Waals surface area contributed by atoms with Gasteiger partial charge in [-0.25, -0.2) is 19.3 Å². The fourth-order valence-electron chi connectivity index (χ4n) is 5.37. The van der Waals surface area contributed by atoms with E-state index in [2.05, 4.69) is 14.9 Å². The molecule has 38 heavy (non-hydrogen) atoms. The molecule has 1 aromatic carbocycles. The van der Waals surface area contributed by atoms with Crippen molar-refractivity contribution in [1.82, 2.24) is 29.4 Å². The SMILES string of the molecule is C[C@H](c1nc(N)c2ncn(C3CCCCO3)c2n1)c1nc(CCN2CCOCC2)c2c(Cl)cccc2c1F. The van der Waals surface area contributed by atoms with Crippen molar-refractivity contribution in [2.24, 2.45) is 0 Å². The number of ether oxygens (including phenoxy) is 2. The largest absolute Gasteiger partial charge is 0.382 e. The quantitative estimate of drug-likeness (QED) is 0.382. The molecule has 2 aliphatic rings. The van der Waals surface area contributed by atoms with Crippen molar-refractivity contribution in [3.63, 3.8) is 0 Å². The molecule has 2 N–H and O–H groups in total. The van der Waals surface area contributed by atoms with Gasteiger partial charge < -0.3 is 15.2 Å². The van der Waals surface area contributed by atoms with Crippen molar-refractivity contribution >= 4 is 39.4 Å².